The van der Waals surface area contributed by atoms with Crippen molar-refractivity contribution in [2.45, 2.75) is 0 Å². The summed E-state index contributed by atoms with van der Waals surface area (Å²) in [4.78, 5) is 0. The molecule has 0 spiro atoms. The van der Waals surface area contributed by atoms with E-state index in [0.717, 1.165) is 49.0 Å². The molecule has 0 aliphatic heterocycles. The van der Waals surface area contributed by atoms with Gasteiger partial charge in [0.1, 0.15) is 0 Å². The van der Waals surface area contributed by atoms with Crippen LogP contribution in [0.5, 0.6) is 0 Å². The van der Waals surface area contributed by atoms with Gasteiger partial charge in [0.15, 0.2) is 0 Å². The van der Waals surface area contributed by atoms with Crippen molar-refractivity contribution in [1.82, 2.24) is 0 Å². The van der Waals surface area contributed by atoms with Crippen LogP contribution in [0.1, 0.15) is 0 Å². The van der Waals surface area contributed by atoms with E-state index in [9.17, 15) is 0 Å². The van der Waals surface area contributed by atoms with Gasteiger partial charge in [-0.15, -0.1) is 0 Å². The summed E-state index contributed by atoms with van der Waals surface area (Å²) in [5.74, 6) is 0. The third kappa shape index (κ3) is 24.6. The third-order valence-electron chi connectivity index (χ3n) is 0.663. The second kappa shape index (κ2) is 15.5. The van der Waals surface area contributed by atoms with E-state index >= 15 is 0 Å². The number of hydrogen-bond donors (Lipinski definition) is 3. The topological polar surface area (TPSA) is 60.7 Å². The fraction of sp³-hybridized carbons (Fsp3) is 0. The monoisotopic (exact) mass is 244 g/mol. The Balaban J connectivity index is -0.0000000536. The molecule has 0 aliphatic rings. The van der Waals surface area contributed by atoms with Crippen molar-refractivity contribution in [3.05, 3.63) is 17.5 Å². The van der Waals surface area contributed by atoms with Crippen LogP contribution in [-0.2, 0) is 0 Å². The summed E-state index contributed by atoms with van der Waals surface area (Å²) in [5, 5.41) is 23.6. The number of halogens is 3. The van der Waals surface area contributed by atoms with Crippen LogP contribution < -0.4 is -1.03 Å². The first-order chi connectivity index (χ1) is 4.63. The Hall–Kier alpha value is 1.07. The molecule has 0 radical (unpaired) electrons. The molecule has 0 saturated heterocycles. The summed E-state index contributed by atoms with van der Waals surface area (Å²) in [6.07, 6.45) is 0. The number of rotatable bonds is 0. The van der Waals surface area contributed by atoms with Gasteiger partial charge in [-0.25, -0.2) is 0 Å². The van der Waals surface area contributed by atoms with E-state index in [4.69, 9.17) is 15.1 Å². The van der Waals surface area contributed by atoms with E-state index in [1.807, 2.05) is 11.3 Å². The van der Waals surface area contributed by atoms with Gasteiger partial charge in [-0.2, -0.15) is 0 Å². The Morgan fingerprint density at radius 1 is 1.15 bits per heavy atom. The molecule has 0 aliphatic carbocycles. The molecule has 0 saturated carbocycles. The first-order valence-corrected chi connectivity index (χ1v) is 5.11. The maximum atomic E-state index is 7.17. The Bertz CT molecular complexity index is 163. The van der Waals surface area contributed by atoms with Crippen molar-refractivity contribution in [2.24, 2.45) is 0 Å². The van der Waals surface area contributed by atoms with Gasteiger partial charge in [-0.05, 0) is 0 Å². The zero-order chi connectivity index (χ0) is 7.98. The van der Waals surface area contributed by atoms with E-state index in [0.29, 0.717) is 0 Å². The van der Waals surface area contributed by atoms with E-state index in [1.165, 1.54) is 0 Å². The molecular weight excluding hydrogens is 235 g/mol. The molecule has 0 aromatic carbocycles. The fourth-order valence-corrected chi connectivity index (χ4v) is 1.83. The van der Waals surface area contributed by atoms with Gasteiger partial charge < -0.3 is 15.1 Å². The van der Waals surface area contributed by atoms with Crippen molar-refractivity contribution >= 4 is 66.6 Å². The first kappa shape index (κ1) is 23.7. The van der Waals surface area contributed by atoms with Gasteiger partial charge in [0.2, 0.25) is 0 Å². The Morgan fingerprint density at radius 3 is 1.62 bits per heavy atom. The fourth-order valence-electron chi connectivity index (χ4n) is 0.361. The summed E-state index contributed by atoms with van der Waals surface area (Å²) >= 11 is 2.77. The molecule has 74 valence electrons. The Kier molecular flexibility index (Phi) is 28.3. The van der Waals surface area contributed by atoms with Gasteiger partial charge in [-0.3, -0.25) is 14.1 Å². The van der Waals surface area contributed by atoms with Gasteiger partial charge >= 0.3 is 84.1 Å². The summed E-state index contributed by atoms with van der Waals surface area (Å²) < 4.78 is 1.57. The summed E-state index contributed by atoms with van der Waals surface area (Å²) in [6, 6.07) is 4.29. The van der Waals surface area contributed by atoms with Crippen molar-refractivity contribution in [2.75, 3.05) is 0 Å². The Labute approximate surface area is 112 Å². The quantitative estimate of drug-likeness (QED) is 0.510. The van der Waals surface area contributed by atoms with Crippen LogP contribution in [-0.4, -0.2) is 71.3 Å². The van der Waals surface area contributed by atoms with Crippen LogP contribution in [0.3, 0.4) is 0 Å². The van der Waals surface area contributed by atoms with Crippen LogP contribution in [0.2, 0.25) is 0 Å². The normalized spacial score (nSPS) is 6.23. The summed E-state index contributed by atoms with van der Waals surface area (Å²) in [6.45, 7) is 0. The van der Waals surface area contributed by atoms with Gasteiger partial charge in [0.05, 0.1) is 0 Å². The van der Waals surface area contributed by atoms with Crippen LogP contribution >= 0.6 is 11.3 Å². The van der Waals surface area contributed by atoms with E-state index < -0.39 is 7.32 Å². The van der Waals surface area contributed by atoms with Crippen molar-refractivity contribution in [3.8, 4) is 0 Å². The molecule has 1 rings (SSSR count). The average molecular weight is 244 g/mol. The molecule has 3 N–H and O–H groups in total. The predicted molar refractivity (Wildman–Crippen MR) is 49.6 cm³/mol. The zero-order valence-corrected chi connectivity index (χ0v) is 10.7. The molecule has 1 aromatic rings. The minimum atomic E-state index is -2.17. The molecule has 9 heteroatoms. The van der Waals surface area contributed by atoms with Crippen LogP contribution in [0.25, 0.3) is 0 Å². The van der Waals surface area contributed by atoms with Crippen LogP contribution in [0.15, 0.2) is 17.5 Å². The third-order valence-corrected chi connectivity index (χ3v) is 3.09. The molecule has 0 atom stereocenters. The maximum absolute atomic E-state index is 7.17. The van der Waals surface area contributed by atoms with Crippen LogP contribution in [0, 0.1) is 0 Å². The van der Waals surface area contributed by atoms with Crippen LogP contribution in [0.4, 0.5) is 14.1 Å². The molecule has 0 bridgehead atoms. The van der Waals surface area contributed by atoms with Gasteiger partial charge in [0.25, 0.3) is 0 Å². The Morgan fingerprint density at radius 2 is 1.54 bits per heavy atom. The van der Waals surface area contributed by atoms with Gasteiger partial charge in [0, 0.05) is 0 Å². The van der Waals surface area contributed by atoms with E-state index in [-0.39, 0.29) is 14.1 Å². The molecular formula is C4H9BF3KO3S. The number of hydrogen-bond acceptors (Lipinski definition) is 4. The molecule has 1 aromatic heterocycles. The molecule has 0 unspecified atom stereocenters. The van der Waals surface area contributed by atoms with Crippen molar-refractivity contribution in [1.29, 1.82) is 0 Å². The second-order valence-corrected chi connectivity index (χ2v) is 5.54. The molecule has 3 nitrogen and oxygen atoms in total. The minimum absolute atomic E-state index is 0. The standard InChI is InChI=1S/C4H3S.BH3O3.3FH.K/c1-2-4-5-3-1;2-1(3)4;;;;/h1-3H;2-4H;3*1H;. The predicted octanol–water partition coefficient (Wildman–Crippen LogP) is -1.05. The van der Waals surface area contributed by atoms with E-state index in [2.05, 4.69) is 17.5 Å². The molecule has 0 amide bonds. The summed E-state index contributed by atoms with van der Waals surface area (Å²) in [5.41, 5.74) is 0. The second-order valence-electron chi connectivity index (χ2n) is 1.57. The zero-order valence-electron chi connectivity index (χ0n) is 6.78. The molecule has 13 heavy (non-hydrogen) atoms. The van der Waals surface area contributed by atoms with Crippen molar-refractivity contribution < 1.29 is 29.2 Å². The first-order valence-electron chi connectivity index (χ1n) is 2.67. The molecule has 0 fully saturated rings. The number of thiophene rings is 1. The van der Waals surface area contributed by atoms with Crippen molar-refractivity contribution in [3.63, 3.8) is 0 Å². The molecule has 1 heterocycles. The van der Waals surface area contributed by atoms with Gasteiger partial charge in [-0.1, -0.05) is 0 Å². The average Bonchev–Trinajstić information content (AvgIpc) is 2.15. The van der Waals surface area contributed by atoms with E-state index in [1.54, 1.807) is -1.03 Å². The summed E-state index contributed by atoms with van der Waals surface area (Å²) in [7, 11) is -2.17. The SMILES string of the molecule is F.F.F.OB(O)O.[K][c]1cccs1.